The van der Waals surface area contributed by atoms with Gasteiger partial charge in [0.25, 0.3) is 0 Å². The zero-order valence-corrected chi connectivity index (χ0v) is 7.79. The zero-order valence-electron chi connectivity index (χ0n) is 7.79. The molecule has 0 atom stereocenters. The van der Waals surface area contributed by atoms with Gasteiger partial charge in [0.15, 0.2) is 5.75 Å². The van der Waals surface area contributed by atoms with Crippen molar-refractivity contribution in [1.29, 1.82) is 0 Å². The highest BCUT2D eigenvalue weighted by Gasteiger charge is 2.24. The fourth-order valence-electron chi connectivity index (χ4n) is 0.961. The number of rotatable bonds is 5. The number of halogens is 3. The minimum absolute atomic E-state index is 0.164. The summed E-state index contributed by atoms with van der Waals surface area (Å²) in [5.74, 6) is 0.164. The minimum Gasteiger partial charge on any atom is -0.519 e. The Morgan fingerprint density at radius 1 is 1.50 bits per heavy atom. The van der Waals surface area contributed by atoms with E-state index in [9.17, 15) is 12.9 Å². The Balaban J connectivity index is 2.44. The second-order valence-electron chi connectivity index (χ2n) is 2.96. The van der Waals surface area contributed by atoms with Crippen molar-refractivity contribution in [1.82, 2.24) is 9.78 Å². The van der Waals surface area contributed by atoms with Crippen molar-refractivity contribution in [2.75, 3.05) is 6.51 Å². The van der Waals surface area contributed by atoms with Gasteiger partial charge in [-0.2, -0.15) is 5.10 Å². The van der Waals surface area contributed by atoms with Crippen molar-refractivity contribution in [3.05, 3.63) is 12.4 Å². The third-order valence-corrected chi connectivity index (χ3v) is 1.50. The predicted molar refractivity (Wildman–Crippen MR) is 47.1 cm³/mol. The summed E-state index contributed by atoms with van der Waals surface area (Å²) in [4.78, 5) is 0. The van der Waals surface area contributed by atoms with Crippen LogP contribution in [0.2, 0.25) is 0 Å². The highest BCUT2D eigenvalue weighted by atomic mass is 19.4. The highest BCUT2D eigenvalue weighted by molar-refractivity contribution is 6.58. The SMILES string of the molecule is CCCn1cc(OC[B-](F)(F)F)cn1. The van der Waals surface area contributed by atoms with Crippen molar-refractivity contribution < 1.29 is 17.7 Å². The summed E-state index contributed by atoms with van der Waals surface area (Å²) in [5.41, 5.74) is 0. The Kier molecular flexibility index (Phi) is 3.43. The molecule has 1 aromatic heterocycles. The Bertz CT molecular complexity index is 287. The van der Waals surface area contributed by atoms with Crippen molar-refractivity contribution in [3.8, 4) is 5.75 Å². The lowest BCUT2D eigenvalue weighted by Gasteiger charge is -2.13. The van der Waals surface area contributed by atoms with E-state index in [4.69, 9.17) is 0 Å². The summed E-state index contributed by atoms with van der Waals surface area (Å²) < 4.78 is 41.5. The van der Waals surface area contributed by atoms with E-state index in [1.807, 2.05) is 6.92 Å². The lowest BCUT2D eigenvalue weighted by atomic mass is 9.95. The summed E-state index contributed by atoms with van der Waals surface area (Å²) in [6.07, 6.45) is 3.63. The number of ether oxygens (including phenoxy) is 1. The molecule has 0 aliphatic heterocycles. The smallest absolute Gasteiger partial charge is 0.515 e. The van der Waals surface area contributed by atoms with Crippen molar-refractivity contribution >= 4 is 6.98 Å². The first kappa shape index (κ1) is 10.9. The van der Waals surface area contributed by atoms with Crippen LogP contribution in [0.4, 0.5) is 12.9 Å². The monoisotopic (exact) mass is 207 g/mol. The molecule has 0 spiro atoms. The van der Waals surface area contributed by atoms with Gasteiger partial charge in [0.05, 0.1) is 18.9 Å². The van der Waals surface area contributed by atoms with Crippen molar-refractivity contribution in [3.63, 3.8) is 0 Å². The Morgan fingerprint density at radius 3 is 2.79 bits per heavy atom. The molecule has 0 aliphatic carbocycles. The van der Waals surface area contributed by atoms with Gasteiger partial charge >= 0.3 is 6.98 Å². The molecule has 0 radical (unpaired) electrons. The summed E-state index contributed by atoms with van der Waals surface area (Å²) in [7, 11) is 0. The second kappa shape index (κ2) is 4.39. The maximum absolute atomic E-state index is 11.8. The van der Waals surface area contributed by atoms with Crippen LogP contribution in [0, 0.1) is 0 Å². The molecule has 0 fully saturated rings. The van der Waals surface area contributed by atoms with Gasteiger partial charge in [-0.3, -0.25) is 4.68 Å². The van der Waals surface area contributed by atoms with Gasteiger partial charge in [-0.15, -0.1) is 0 Å². The van der Waals surface area contributed by atoms with Crippen LogP contribution < -0.4 is 4.74 Å². The molecule has 1 rings (SSSR count). The molecule has 0 aliphatic rings. The minimum atomic E-state index is -4.89. The summed E-state index contributed by atoms with van der Waals surface area (Å²) in [6.45, 7) is -3.46. The molecule has 0 bridgehead atoms. The van der Waals surface area contributed by atoms with Crippen LogP contribution >= 0.6 is 0 Å². The van der Waals surface area contributed by atoms with Crippen molar-refractivity contribution in [2.45, 2.75) is 19.9 Å². The first-order chi connectivity index (χ1) is 6.51. The first-order valence-corrected chi connectivity index (χ1v) is 4.37. The van der Waals surface area contributed by atoms with Gasteiger partial charge in [-0.1, -0.05) is 6.92 Å². The van der Waals surface area contributed by atoms with Gasteiger partial charge in [0.1, 0.15) is 0 Å². The van der Waals surface area contributed by atoms with Crippen LogP contribution in [0.25, 0.3) is 0 Å². The number of aromatic nitrogens is 2. The van der Waals surface area contributed by atoms with E-state index in [1.165, 1.54) is 12.4 Å². The largest absolute Gasteiger partial charge is 0.519 e. The maximum Gasteiger partial charge on any atom is 0.515 e. The number of nitrogens with zero attached hydrogens (tertiary/aromatic N) is 2. The molecule has 7 heteroatoms. The van der Waals surface area contributed by atoms with Crippen LogP contribution in [0.15, 0.2) is 12.4 Å². The topological polar surface area (TPSA) is 27.1 Å². The van der Waals surface area contributed by atoms with Crippen LogP contribution in [0.5, 0.6) is 5.75 Å². The average molecular weight is 207 g/mol. The van der Waals surface area contributed by atoms with E-state index in [0.29, 0.717) is 6.54 Å². The predicted octanol–water partition coefficient (Wildman–Crippen LogP) is 2.06. The number of hydrogen-bond donors (Lipinski definition) is 0. The normalized spacial score (nSPS) is 11.7. The second-order valence-corrected chi connectivity index (χ2v) is 2.96. The lowest BCUT2D eigenvalue weighted by molar-refractivity contribution is 0.313. The van der Waals surface area contributed by atoms with Crippen molar-refractivity contribution in [2.24, 2.45) is 0 Å². The standard InChI is InChI=1S/C7H11BF3N2O/c1-2-3-13-5-7(4-12-13)14-6-8(9,10)11/h4-5H,2-3,6H2,1H3/q-1. The highest BCUT2D eigenvalue weighted by Crippen LogP contribution is 2.13. The average Bonchev–Trinajstić information content (AvgIpc) is 2.49. The fourth-order valence-corrected chi connectivity index (χ4v) is 0.961. The first-order valence-electron chi connectivity index (χ1n) is 4.37. The van der Waals surface area contributed by atoms with Crippen LogP contribution in [0.3, 0.4) is 0 Å². The zero-order chi connectivity index (χ0) is 10.6. The van der Waals surface area contributed by atoms with Gasteiger partial charge in [-0.25, -0.2) is 0 Å². The van der Waals surface area contributed by atoms with Gasteiger partial charge in [0.2, 0.25) is 0 Å². The molecule has 0 aromatic carbocycles. The Hall–Kier alpha value is -1.14. The molecule has 0 unspecified atom stereocenters. The molecular formula is C7H11BF3N2O-. The van der Waals surface area contributed by atoms with E-state index < -0.39 is 13.5 Å². The lowest BCUT2D eigenvalue weighted by Crippen LogP contribution is -2.25. The third kappa shape index (κ3) is 3.72. The molecule has 0 amide bonds. The fraction of sp³-hybridized carbons (Fsp3) is 0.571. The molecule has 0 saturated heterocycles. The molecule has 0 N–H and O–H groups in total. The molecule has 0 saturated carbocycles. The van der Waals surface area contributed by atoms with Crippen LogP contribution in [-0.2, 0) is 6.54 Å². The van der Waals surface area contributed by atoms with Gasteiger partial charge in [0, 0.05) is 6.54 Å². The van der Waals surface area contributed by atoms with E-state index in [0.717, 1.165) is 6.42 Å². The molecular weight excluding hydrogens is 196 g/mol. The molecule has 3 nitrogen and oxygen atoms in total. The summed E-state index contributed by atoms with van der Waals surface area (Å²) in [6, 6.07) is 0. The van der Waals surface area contributed by atoms with E-state index in [2.05, 4.69) is 9.84 Å². The quantitative estimate of drug-likeness (QED) is 0.690. The number of hydrogen-bond acceptors (Lipinski definition) is 2. The van der Waals surface area contributed by atoms with Gasteiger partial charge < -0.3 is 17.7 Å². The third-order valence-electron chi connectivity index (χ3n) is 1.50. The summed E-state index contributed by atoms with van der Waals surface area (Å²) >= 11 is 0. The van der Waals surface area contributed by atoms with Gasteiger partial charge in [-0.05, 0) is 6.42 Å². The molecule has 1 heterocycles. The van der Waals surface area contributed by atoms with Crippen LogP contribution in [-0.4, -0.2) is 23.3 Å². The molecule has 1 aromatic rings. The van der Waals surface area contributed by atoms with E-state index >= 15 is 0 Å². The Labute approximate surface area is 79.9 Å². The molecule has 14 heavy (non-hydrogen) atoms. The van der Waals surface area contributed by atoms with E-state index in [1.54, 1.807) is 4.68 Å². The molecule has 80 valence electrons. The Morgan fingerprint density at radius 2 is 2.21 bits per heavy atom. The maximum atomic E-state index is 11.8. The summed E-state index contributed by atoms with van der Waals surface area (Å²) in [5, 5.41) is 3.84. The number of aryl methyl sites for hydroxylation is 1. The van der Waals surface area contributed by atoms with E-state index in [-0.39, 0.29) is 5.75 Å². The van der Waals surface area contributed by atoms with Crippen LogP contribution in [0.1, 0.15) is 13.3 Å².